The molecule has 0 aliphatic heterocycles. The molecule has 0 bridgehead atoms. The topological polar surface area (TPSA) is 0 Å². The molecule has 21 aromatic carbocycles. The lowest BCUT2D eigenvalue weighted by atomic mass is 9.70. The molecule has 0 radical (unpaired) electrons. The minimum atomic E-state index is -0.189. The second kappa shape index (κ2) is 31.0. The number of fused-ring (bicyclic) bond motifs is 28. The van der Waals surface area contributed by atoms with E-state index in [0.29, 0.717) is 0 Å². The molecule has 0 saturated heterocycles. The number of benzene rings is 21. The van der Waals surface area contributed by atoms with E-state index in [1.54, 1.807) is 0 Å². The van der Waals surface area contributed by atoms with Crippen LogP contribution in [0.5, 0.6) is 0 Å². The highest BCUT2D eigenvalue weighted by Gasteiger charge is 2.51. The smallest absolute Gasteiger partial charge is 0.0619 e. The van der Waals surface area contributed by atoms with Gasteiger partial charge in [-0.2, -0.15) is 0 Å². The minimum absolute atomic E-state index is 0.151. The summed E-state index contributed by atoms with van der Waals surface area (Å²) in [6, 6.07) is 150. The number of hydrogen-bond donors (Lipinski definition) is 0. The van der Waals surface area contributed by atoms with Crippen molar-refractivity contribution in [3.63, 3.8) is 0 Å². The summed E-state index contributed by atoms with van der Waals surface area (Å²) in [5, 5.41) is 24.0. The van der Waals surface area contributed by atoms with Gasteiger partial charge < -0.3 is 0 Å². The molecule has 0 heteroatoms. The van der Waals surface area contributed by atoms with E-state index in [4.69, 9.17) is 0 Å². The molecule has 24 rings (SSSR count). The Hall–Kier alpha value is -14.0. The molecule has 3 aliphatic carbocycles. The van der Waals surface area contributed by atoms with Gasteiger partial charge in [0.2, 0.25) is 0 Å². The quantitative estimate of drug-likeness (QED) is 0.151. The molecule has 0 heterocycles. The van der Waals surface area contributed by atoms with E-state index in [1.807, 2.05) is 0 Å². The van der Waals surface area contributed by atoms with E-state index in [9.17, 15) is 0 Å². The lowest BCUT2D eigenvalue weighted by Gasteiger charge is -2.30. The molecular weight excluding hydrogens is 1420 g/mol. The third kappa shape index (κ3) is 13.2. The lowest BCUT2D eigenvalue weighted by molar-refractivity contribution is 0.660. The highest BCUT2D eigenvalue weighted by Crippen LogP contribution is 2.63. The minimum Gasteiger partial charge on any atom is -0.0619 e. The second-order valence-corrected chi connectivity index (χ2v) is 32.9. The molecular formula is C118H92. The van der Waals surface area contributed by atoms with E-state index in [-0.39, 0.29) is 10.8 Å². The van der Waals surface area contributed by atoms with Crippen molar-refractivity contribution in [1.82, 2.24) is 0 Å². The van der Waals surface area contributed by atoms with Gasteiger partial charge in [-0.15, -0.1) is 0 Å². The molecule has 0 atom stereocenters. The van der Waals surface area contributed by atoms with Crippen LogP contribution in [0.3, 0.4) is 0 Å². The fraction of sp³-hybridized carbons (Fsp3) is 0.0847. The summed E-state index contributed by atoms with van der Waals surface area (Å²) in [6.45, 7) is 17.6. The summed E-state index contributed by atoms with van der Waals surface area (Å²) >= 11 is 0. The molecule has 0 fully saturated rings. The fourth-order valence-corrected chi connectivity index (χ4v) is 19.4. The van der Waals surface area contributed by atoms with E-state index >= 15 is 0 Å². The Morgan fingerprint density at radius 2 is 0.458 bits per heavy atom. The first-order valence-corrected chi connectivity index (χ1v) is 41.5. The van der Waals surface area contributed by atoms with Crippen molar-refractivity contribution in [2.45, 2.75) is 66.2 Å². The molecule has 3 aliphatic rings. The maximum Gasteiger partial charge on any atom is 0.0725 e. The molecule has 0 N–H and O–H groups in total. The van der Waals surface area contributed by atoms with Crippen LogP contribution < -0.4 is 0 Å². The van der Waals surface area contributed by atoms with Crippen molar-refractivity contribution in [2.24, 2.45) is 0 Å². The van der Waals surface area contributed by atoms with E-state index in [1.165, 1.54) is 219 Å². The van der Waals surface area contributed by atoms with Gasteiger partial charge in [-0.05, 0) is 245 Å². The summed E-state index contributed by atoms with van der Waals surface area (Å²) < 4.78 is 0. The van der Waals surface area contributed by atoms with Crippen LogP contribution >= 0.6 is 0 Å². The number of rotatable bonds is 2. The van der Waals surface area contributed by atoms with Crippen LogP contribution in [0.25, 0.3) is 153 Å². The lowest BCUT2D eigenvalue weighted by Crippen LogP contribution is -2.25. The standard InChI is InChI=1S/C26H18.2C21H16.C19H14.C16H16.C15H12/c1-17-14-15-21-20-10-4-7-13-24(20)26(25(21)16-17)22-11-5-2-8-18(22)19-9-3-6-12-23(19)26;1-15-7-6-9-16(13-15)21-14-17-8-2-3-10-18(17)19-11-4-5-12-20(19)21;1-15-10-12-16(13-11-15)21-14-17-6-2-3-7-18(17)19-8-4-5-9-20(19)21;1-13-10-11-18-16-8-3-2-6-14(16)15-7-4-5-9-17(15)19(18)12-13;1-11-8-9-13-12-6-4-5-7-14(12)16(2,3)15(13)10-11;1-11-10-12-6-2-3-8-14(12)15-9-5-4-7-13(11)15/h2-16H,1H3;2*2-14H,1H3;2-12H,1H3;4-10H,1-3H3;2-10H,1H3. The second-order valence-electron chi connectivity index (χ2n) is 32.9. The summed E-state index contributed by atoms with van der Waals surface area (Å²) in [6.07, 6.45) is 0. The maximum atomic E-state index is 2.40. The van der Waals surface area contributed by atoms with Gasteiger partial charge in [-0.25, -0.2) is 0 Å². The molecule has 0 saturated carbocycles. The van der Waals surface area contributed by atoms with Gasteiger partial charge in [0, 0.05) is 5.41 Å². The Labute approximate surface area is 693 Å². The maximum absolute atomic E-state index is 2.40. The van der Waals surface area contributed by atoms with Gasteiger partial charge in [0.05, 0.1) is 5.41 Å². The van der Waals surface area contributed by atoms with E-state index < -0.39 is 0 Å². The molecule has 1 spiro atoms. The first-order chi connectivity index (χ1) is 57.8. The molecule has 564 valence electrons. The van der Waals surface area contributed by atoms with Crippen LogP contribution in [0.2, 0.25) is 0 Å². The normalized spacial score (nSPS) is 12.5. The van der Waals surface area contributed by atoms with Crippen LogP contribution in [0.15, 0.2) is 413 Å². The molecule has 0 aromatic heterocycles. The molecule has 0 amide bonds. The zero-order valence-electron chi connectivity index (χ0n) is 68.3. The number of aryl methyl sites for hydroxylation is 6. The molecule has 0 nitrogen and oxygen atoms in total. The van der Waals surface area contributed by atoms with Crippen molar-refractivity contribution >= 4 is 97.0 Å². The average Bonchev–Trinajstić information content (AvgIpc) is 1.51. The largest absolute Gasteiger partial charge is 0.0725 e. The van der Waals surface area contributed by atoms with Gasteiger partial charge in [-0.1, -0.05) is 442 Å². The highest BCUT2D eigenvalue weighted by molar-refractivity contribution is 6.25. The Bertz CT molecular complexity index is 7370. The average molecular weight is 1510 g/mol. The summed E-state index contributed by atoms with van der Waals surface area (Å²) in [5.74, 6) is 0. The van der Waals surface area contributed by atoms with E-state index in [2.05, 4.69) is 468 Å². The van der Waals surface area contributed by atoms with Crippen LogP contribution in [0, 0.1) is 41.5 Å². The van der Waals surface area contributed by atoms with E-state index in [0.717, 1.165) is 0 Å². The predicted molar refractivity (Wildman–Crippen MR) is 509 cm³/mol. The summed E-state index contributed by atoms with van der Waals surface area (Å²) in [4.78, 5) is 0. The van der Waals surface area contributed by atoms with Gasteiger partial charge in [0.1, 0.15) is 0 Å². The number of hydrogen-bond acceptors (Lipinski definition) is 0. The third-order valence-corrected chi connectivity index (χ3v) is 25.0. The van der Waals surface area contributed by atoms with Crippen molar-refractivity contribution in [3.05, 3.63) is 479 Å². The SMILES string of the molecule is Cc1cc2ccccc2c2ccccc12.Cc1ccc(-c2cc3ccccc3c3ccccc23)cc1.Cc1ccc2c(c1)C(C)(C)c1ccccc1-2.Cc1ccc2c(c1)C1(c3ccccc3-c3ccccc31)c1ccccc1-2.Cc1ccc2c3ccccc3c3ccccc3c2c1.Cc1cccc(-c2cc3ccccc3c3ccccc23)c1. The van der Waals surface area contributed by atoms with Crippen LogP contribution in [0.4, 0.5) is 0 Å². The fourth-order valence-electron chi connectivity index (χ4n) is 19.4. The Morgan fingerprint density at radius 1 is 0.153 bits per heavy atom. The van der Waals surface area contributed by atoms with Gasteiger partial charge in [0.25, 0.3) is 0 Å². The predicted octanol–water partition coefficient (Wildman–Crippen LogP) is 32.3. The zero-order chi connectivity index (χ0) is 80.2. The van der Waals surface area contributed by atoms with Crippen LogP contribution in [0.1, 0.15) is 80.6 Å². The van der Waals surface area contributed by atoms with Crippen molar-refractivity contribution in [3.8, 4) is 55.6 Å². The Kier molecular flexibility index (Phi) is 19.4. The van der Waals surface area contributed by atoms with Gasteiger partial charge >= 0.3 is 0 Å². The van der Waals surface area contributed by atoms with Crippen molar-refractivity contribution in [2.75, 3.05) is 0 Å². The highest BCUT2D eigenvalue weighted by atomic mass is 14.5. The molecule has 0 unspecified atom stereocenters. The summed E-state index contributed by atoms with van der Waals surface area (Å²) in [7, 11) is 0. The monoisotopic (exact) mass is 1510 g/mol. The third-order valence-electron chi connectivity index (χ3n) is 25.0. The van der Waals surface area contributed by atoms with Crippen molar-refractivity contribution in [1.29, 1.82) is 0 Å². The molecule has 118 heavy (non-hydrogen) atoms. The van der Waals surface area contributed by atoms with Gasteiger partial charge in [0.15, 0.2) is 0 Å². The first-order valence-electron chi connectivity index (χ1n) is 41.5. The van der Waals surface area contributed by atoms with Crippen LogP contribution in [-0.2, 0) is 10.8 Å². The zero-order valence-corrected chi connectivity index (χ0v) is 68.3. The Balaban J connectivity index is 0.0000000949. The first kappa shape index (κ1) is 74.1. The summed E-state index contributed by atoms with van der Waals surface area (Å²) in [5.41, 5.74) is 30.0. The Morgan fingerprint density at radius 3 is 0.932 bits per heavy atom. The van der Waals surface area contributed by atoms with Crippen LogP contribution in [-0.4, -0.2) is 0 Å². The van der Waals surface area contributed by atoms with Crippen molar-refractivity contribution < 1.29 is 0 Å². The molecule has 21 aromatic rings. The van der Waals surface area contributed by atoms with Gasteiger partial charge in [-0.3, -0.25) is 0 Å².